The van der Waals surface area contributed by atoms with Crippen LogP contribution in [0.15, 0.2) is 47.3 Å². The maximum Gasteiger partial charge on any atom is 0.410 e. The fraction of sp³-hybridized carbons (Fsp3) is 0.528. The fourth-order valence-electron chi connectivity index (χ4n) is 7.16. The van der Waals surface area contributed by atoms with Gasteiger partial charge in [-0.15, -0.1) is 0 Å². The third-order valence-corrected chi connectivity index (χ3v) is 9.80. The minimum atomic E-state index is -0.594. The molecule has 48 heavy (non-hydrogen) atoms. The summed E-state index contributed by atoms with van der Waals surface area (Å²) in [5.74, 6) is -0.900. The molecular formula is C36H45FN6O5. The van der Waals surface area contributed by atoms with Crippen LogP contribution in [-0.2, 0) is 16.0 Å². The summed E-state index contributed by atoms with van der Waals surface area (Å²) in [6.07, 6.45) is 3.46. The molecule has 2 aromatic carbocycles. The van der Waals surface area contributed by atoms with Gasteiger partial charge in [0.2, 0.25) is 5.91 Å². The number of hydrogen-bond acceptors (Lipinski definition) is 7. The number of rotatable bonds is 5. The first-order chi connectivity index (χ1) is 23.0. The van der Waals surface area contributed by atoms with Crippen LogP contribution in [-0.4, -0.2) is 112 Å². The van der Waals surface area contributed by atoms with Crippen LogP contribution in [0, 0.1) is 11.7 Å². The molecular weight excluding hydrogens is 615 g/mol. The molecule has 0 bridgehead atoms. The zero-order chi connectivity index (χ0) is 34.0. The Morgan fingerprint density at radius 1 is 0.854 bits per heavy atom. The van der Waals surface area contributed by atoms with E-state index in [2.05, 4.69) is 15.1 Å². The molecule has 12 heteroatoms. The van der Waals surface area contributed by atoms with E-state index in [9.17, 15) is 23.6 Å². The van der Waals surface area contributed by atoms with Gasteiger partial charge in [0.05, 0.1) is 16.6 Å². The molecule has 3 aliphatic rings. The number of likely N-dealkylation sites (tertiary alicyclic amines) is 2. The lowest BCUT2D eigenvalue weighted by Crippen LogP contribution is -2.54. The number of fused-ring (bicyclic) bond motifs is 1. The van der Waals surface area contributed by atoms with Gasteiger partial charge in [0.15, 0.2) is 0 Å². The van der Waals surface area contributed by atoms with Crippen LogP contribution >= 0.6 is 0 Å². The number of benzene rings is 2. The summed E-state index contributed by atoms with van der Waals surface area (Å²) in [6.45, 7) is 10.2. The molecule has 0 saturated carbocycles. The Labute approximate surface area is 280 Å². The average molecular weight is 661 g/mol. The van der Waals surface area contributed by atoms with Crippen molar-refractivity contribution >= 4 is 28.7 Å². The summed E-state index contributed by atoms with van der Waals surface area (Å²) < 4.78 is 20.5. The van der Waals surface area contributed by atoms with Crippen molar-refractivity contribution in [1.82, 2.24) is 29.8 Å². The number of nitrogens with zero attached hydrogens (tertiary/aromatic N) is 5. The number of carbonyl (C=O) groups is 3. The zero-order valence-corrected chi connectivity index (χ0v) is 28.0. The smallest absolute Gasteiger partial charge is 0.410 e. The van der Waals surface area contributed by atoms with E-state index < -0.39 is 17.3 Å². The van der Waals surface area contributed by atoms with Crippen LogP contribution in [0.1, 0.15) is 68.1 Å². The van der Waals surface area contributed by atoms with Crippen molar-refractivity contribution in [3.05, 3.63) is 75.5 Å². The van der Waals surface area contributed by atoms with E-state index in [-0.39, 0.29) is 29.0 Å². The highest BCUT2D eigenvalue weighted by Crippen LogP contribution is 2.27. The predicted molar refractivity (Wildman–Crippen MR) is 179 cm³/mol. The molecule has 0 aliphatic carbocycles. The van der Waals surface area contributed by atoms with Crippen LogP contribution in [0.2, 0.25) is 0 Å². The lowest BCUT2D eigenvalue weighted by atomic mass is 9.92. The Kier molecular flexibility index (Phi) is 9.82. The quantitative estimate of drug-likeness (QED) is 0.439. The van der Waals surface area contributed by atoms with Gasteiger partial charge < -0.3 is 24.3 Å². The topological polar surface area (TPSA) is 119 Å². The highest BCUT2D eigenvalue weighted by atomic mass is 19.1. The average Bonchev–Trinajstić information content (AvgIpc) is 3.09. The van der Waals surface area contributed by atoms with Crippen molar-refractivity contribution in [3.63, 3.8) is 0 Å². The number of H-pyrrole nitrogens is 1. The molecule has 4 heterocycles. The molecule has 0 spiro atoms. The van der Waals surface area contributed by atoms with Crippen molar-refractivity contribution in [3.8, 4) is 0 Å². The van der Waals surface area contributed by atoms with Crippen LogP contribution in [0.25, 0.3) is 10.8 Å². The van der Waals surface area contributed by atoms with E-state index >= 15 is 0 Å². The van der Waals surface area contributed by atoms with E-state index in [1.54, 1.807) is 34.1 Å². The first-order valence-corrected chi connectivity index (χ1v) is 17.0. The summed E-state index contributed by atoms with van der Waals surface area (Å²) >= 11 is 0. The number of halogens is 1. The molecule has 3 aliphatic heterocycles. The fourth-order valence-corrected chi connectivity index (χ4v) is 7.16. The summed E-state index contributed by atoms with van der Waals surface area (Å²) in [4.78, 5) is 59.2. The number of carbonyl (C=O) groups excluding carboxylic acids is 3. The van der Waals surface area contributed by atoms with Crippen molar-refractivity contribution in [2.45, 2.75) is 64.5 Å². The van der Waals surface area contributed by atoms with Gasteiger partial charge in [0.1, 0.15) is 11.4 Å². The van der Waals surface area contributed by atoms with Gasteiger partial charge in [-0.25, -0.2) is 14.3 Å². The van der Waals surface area contributed by atoms with Crippen LogP contribution in [0.3, 0.4) is 0 Å². The van der Waals surface area contributed by atoms with E-state index in [4.69, 9.17) is 4.74 Å². The summed E-state index contributed by atoms with van der Waals surface area (Å²) in [7, 11) is 0. The molecule has 3 saturated heterocycles. The van der Waals surface area contributed by atoms with E-state index in [0.717, 1.165) is 38.8 Å². The standard InChI is InChI=1S/C36H45FN6O5/c1-36(2,3)48-35(47)43-16-12-26(13-17-43)40-14-10-25(11-15-40)33(45)41-18-20-42(21-19-41)34(46)29-22-24(8-9-30(29)37)23-31-27-6-4-5-7-28(27)32(44)39-38-31/h4-9,22,25-26H,10-21,23H2,1-3H3,(H,39,44). The number of aromatic nitrogens is 2. The van der Waals surface area contributed by atoms with Crippen LogP contribution < -0.4 is 5.56 Å². The second-order valence-corrected chi connectivity index (χ2v) is 14.2. The third kappa shape index (κ3) is 7.53. The molecule has 1 N–H and O–H groups in total. The molecule has 1 aromatic heterocycles. The second-order valence-electron chi connectivity index (χ2n) is 14.2. The molecule has 0 unspecified atom stereocenters. The SMILES string of the molecule is CC(C)(C)OC(=O)N1CCC(N2CCC(C(=O)N3CCN(C(=O)c4cc(Cc5n[nH]c(=O)c6ccccc56)ccc4F)CC3)CC2)CC1. The van der Waals surface area contributed by atoms with Gasteiger partial charge in [-0.1, -0.05) is 24.3 Å². The van der Waals surface area contributed by atoms with Gasteiger partial charge in [-0.3, -0.25) is 14.4 Å². The number of hydrogen-bond donors (Lipinski definition) is 1. The van der Waals surface area contributed by atoms with Gasteiger partial charge in [0.25, 0.3) is 11.5 Å². The van der Waals surface area contributed by atoms with Crippen molar-refractivity contribution in [2.75, 3.05) is 52.4 Å². The summed E-state index contributed by atoms with van der Waals surface area (Å²) in [5, 5.41) is 7.97. The van der Waals surface area contributed by atoms with E-state index in [0.29, 0.717) is 73.8 Å². The summed E-state index contributed by atoms with van der Waals surface area (Å²) in [5.41, 5.74) is 0.554. The number of nitrogens with one attached hydrogen (secondary N) is 1. The molecule has 3 amide bonds. The van der Waals surface area contributed by atoms with Crippen molar-refractivity contribution in [1.29, 1.82) is 0 Å². The minimum Gasteiger partial charge on any atom is -0.444 e. The maximum atomic E-state index is 14.9. The molecule has 3 fully saturated rings. The lowest BCUT2D eigenvalue weighted by Gasteiger charge is -2.43. The van der Waals surface area contributed by atoms with Crippen LogP contribution in [0.5, 0.6) is 0 Å². The van der Waals surface area contributed by atoms with Gasteiger partial charge >= 0.3 is 6.09 Å². The Bertz CT molecular complexity index is 1710. The molecule has 11 nitrogen and oxygen atoms in total. The Hall–Kier alpha value is -4.32. The zero-order valence-electron chi connectivity index (χ0n) is 28.0. The lowest BCUT2D eigenvalue weighted by molar-refractivity contribution is -0.138. The molecule has 256 valence electrons. The largest absolute Gasteiger partial charge is 0.444 e. The Morgan fingerprint density at radius 2 is 1.50 bits per heavy atom. The number of amides is 3. The number of aromatic amines is 1. The number of ether oxygens (including phenoxy) is 1. The van der Waals surface area contributed by atoms with Gasteiger partial charge in [-0.05, 0) is 83.3 Å². The van der Waals surface area contributed by atoms with Gasteiger partial charge in [-0.2, -0.15) is 5.10 Å². The van der Waals surface area contributed by atoms with E-state index in [1.165, 1.54) is 6.07 Å². The monoisotopic (exact) mass is 660 g/mol. The maximum absolute atomic E-state index is 14.9. The third-order valence-electron chi connectivity index (χ3n) is 9.80. The molecule has 6 rings (SSSR count). The highest BCUT2D eigenvalue weighted by Gasteiger charge is 2.35. The summed E-state index contributed by atoms with van der Waals surface area (Å²) in [6, 6.07) is 12.1. The number of piperazine rings is 1. The normalized spacial score (nSPS) is 18.7. The Morgan fingerprint density at radius 3 is 2.17 bits per heavy atom. The Balaban J connectivity index is 0.984. The van der Waals surface area contributed by atoms with Crippen LogP contribution in [0.4, 0.5) is 9.18 Å². The van der Waals surface area contributed by atoms with Gasteiger partial charge in [0, 0.05) is 63.0 Å². The first-order valence-electron chi connectivity index (χ1n) is 17.0. The molecule has 3 aromatic rings. The van der Waals surface area contributed by atoms with E-state index in [1.807, 2.05) is 37.8 Å². The molecule has 0 atom stereocenters. The number of piperidine rings is 2. The first kappa shape index (κ1) is 33.6. The highest BCUT2D eigenvalue weighted by molar-refractivity contribution is 5.95. The molecule has 0 radical (unpaired) electrons. The second kappa shape index (κ2) is 14.0. The predicted octanol–water partition coefficient (Wildman–Crippen LogP) is 4.05. The van der Waals surface area contributed by atoms with Crippen molar-refractivity contribution < 1.29 is 23.5 Å². The minimum absolute atomic E-state index is 0.00898. The van der Waals surface area contributed by atoms with Crippen molar-refractivity contribution in [2.24, 2.45) is 5.92 Å².